The standard InChI is InChI=1S/C23H22N4O3/c1-23(2,16-24)26(3)20(28)15-30-22(29)19-14-27(18-12-8-5-9-13-18)25-21(19)17-10-6-4-7-11-17/h4-14H,15H2,1-3H3. The third-order valence-electron chi connectivity index (χ3n) is 4.82. The molecule has 1 aromatic heterocycles. The van der Waals surface area contributed by atoms with Crippen molar-refractivity contribution in [3.8, 4) is 23.0 Å². The number of hydrogen-bond acceptors (Lipinski definition) is 5. The number of para-hydroxylation sites is 1. The lowest BCUT2D eigenvalue weighted by Gasteiger charge is -2.28. The number of likely N-dealkylation sites (N-methyl/N-ethyl adjacent to an activating group) is 1. The molecule has 7 heteroatoms. The highest BCUT2D eigenvalue weighted by molar-refractivity contribution is 5.97. The van der Waals surface area contributed by atoms with Gasteiger partial charge in [-0.05, 0) is 26.0 Å². The number of benzene rings is 2. The molecule has 1 amide bonds. The maximum absolute atomic E-state index is 12.8. The van der Waals surface area contributed by atoms with Crippen molar-refractivity contribution in [1.29, 1.82) is 5.26 Å². The fourth-order valence-corrected chi connectivity index (χ4v) is 2.73. The maximum atomic E-state index is 12.8. The molecule has 0 aliphatic heterocycles. The Balaban J connectivity index is 1.87. The van der Waals surface area contributed by atoms with Crippen molar-refractivity contribution in [2.75, 3.05) is 13.7 Å². The van der Waals surface area contributed by atoms with Crippen LogP contribution in [0.3, 0.4) is 0 Å². The number of nitriles is 1. The summed E-state index contributed by atoms with van der Waals surface area (Å²) in [5.41, 5.74) is 1.26. The van der Waals surface area contributed by atoms with Crippen LogP contribution in [-0.2, 0) is 9.53 Å². The number of ether oxygens (including phenoxy) is 1. The van der Waals surface area contributed by atoms with Gasteiger partial charge in [-0.3, -0.25) is 4.79 Å². The molecule has 0 atom stereocenters. The molecule has 152 valence electrons. The average molecular weight is 402 g/mol. The minimum Gasteiger partial charge on any atom is -0.452 e. The van der Waals surface area contributed by atoms with Gasteiger partial charge in [0.25, 0.3) is 5.91 Å². The van der Waals surface area contributed by atoms with Gasteiger partial charge in [-0.1, -0.05) is 48.5 Å². The van der Waals surface area contributed by atoms with Gasteiger partial charge in [0.1, 0.15) is 16.8 Å². The first-order chi connectivity index (χ1) is 14.3. The molecule has 1 heterocycles. The summed E-state index contributed by atoms with van der Waals surface area (Å²) < 4.78 is 6.87. The van der Waals surface area contributed by atoms with Gasteiger partial charge in [0.2, 0.25) is 0 Å². The molecule has 0 aliphatic carbocycles. The van der Waals surface area contributed by atoms with Gasteiger partial charge in [-0.15, -0.1) is 0 Å². The first-order valence-corrected chi connectivity index (χ1v) is 9.39. The lowest BCUT2D eigenvalue weighted by molar-refractivity contribution is -0.136. The van der Waals surface area contributed by atoms with Crippen molar-refractivity contribution in [2.45, 2.75) is 19.4 Å². The molecule has 0 spiro atoms. The highest BCUT2D eigenvalue weighted by Gasteiger charge is 2.28. The fraction of sp³-hybridized carbons (Fsp3) is 0.217. The molecule has 7 nitrogen and oxygen atoms in total. The molecule has 0 radical (unpaired) electrons. The summed E-state index contributed by atoms with van der Waals surface area (Å²) in [4.78, 5) is 26.4. The van der Waals surface area contributed by atoms with Crippen molar-refractivity contribution in [3.63, 3.8) is 0 Å². The van der Waals surface area contributed by atoms with Gasteiger partial charge in [-0.25, -0.2) is 9.48 Å². The van der Waals surface area contributed by atoms with E-state index in [-0.39, 0.29) is 5.56 Å². The second-order valence-corrected chi connectivity index (χ2v) is 7.24. The van der Waals surface area contributed by atoms with Crippen LogP contribution in [0.25, 0.3) is 16.9 Å². The molecule has 0 bridgehead atoms. The van der Waals surface area contributed by atoms with Gasteiger partial charge in [0.05, 0.1) is 11.8 Å². The van der Waals surface area contributed by atoms with E-state index in [2.05, 4.69) is 5.10 Å². The number of nitrogens with zero attached hydrogens (tertiary/aromatic N) is 4. The monoisotopic (exact) mass is 402 g/mol. The zero-order valence-electron chi connectivity index (χ0n) is 17.1. The highest BCUT2D eigenvalue weighted by atomic mass is 16.5. The van der Waals surface area contributed by atoms with Crippen LogP contribution >= 0.6 is 0 Å². The van der Waals surface area contributed by atoms with Gasteiger partial charge in [-0.2, -0.15) is 10.4 Å². The van der Waals surface area contributed by atoms with Gasteiger partial charge >= 0.3 is 5.97 Å². The molecule has 0 aliphatic rings. The summed E-state index contributed by atoms with van der Waals surface area (Å²) in [6.07, 6.45) is 1.59. The van der Waals surface area contributed by atoms with Crippen LogP contribution in [-0.4, -0.2) is 45.8 Å². The summed E-state index contributed by atoms with van der Waals surface area (Å²) in [7, 11) is 1.50. The molecular weight excluding hydrogens is 380 g/mol. The van der Waals surface area contributed by atoms with E-state index in [1.807, 2.05) is 66.7 Å². The number of rotatable bonds is 6. The van der Waals surface area contributed by atoms with E-state index in [0.29, 0.717) is 5.69 Å². The zero-order valence-corrected chi connectivity index (χ0v) is 17.1. The number of aromatic nitrogens is 2. The quantitative estimate of drug-likeness (QED) is 0.589. The normalized spacial score (nSPS) is 10.9. The van der Waals surface area contributed by atoms with Crippen LogP contribution in [0, 0.1) is 11.3 Å². The second kappa shape index (κ2) is 8.62. The van der Waals surface area contributed by atoms with Crippen molar-refractivity contribution in [1.82, 2.24) is 14.7 Å². The summed E-state index contributed by atoms with van der Waals surface area (Å²) in [6.45, 7) is 2.76. The van der Waals surface area contributed by atoms with Crippen LogP contribution in [0.2, 0.25) is 0 Å². The van der Waals surface area contributed by atoms with E-state index >= 15 is 0 Å². The fourth-order valence-electron chi connectivity index (χ4n) is 2.73. The largest absolute Gasteiger partial charge is 0.452 e. The number of carbonyl (C=O) groups excluding carboxylic acids is 2. The van der Waals surface area contributed by atoms with Crippen molar-refractivity contribution in [2.24, 2.45) is 0 Å². The Morgan fingerprint density at radius 1 is 1.10 bits per heavy atom. The van der Waals surface area contributed by atoms with E-state index in [1.54, 1.807) is 24.7 Å². The van der Waals surface area contributed by atoms with E-state index in [9.17, 15) is 14.9 Å². The summed E-state index contributed by atoms with van der Waals surface area (Å²) >= 11 is 0. The van der Waals surface area contributed by atoms with Crippen molar-refractivity contribution < 1.29 is 14.3 Å². The minimum atomic E-state index is -1.00. The summed E-state index contributed by atoms with van der Waals surface area (Å²) in [5.74, 6) is -1.13. The van der Waals surface area contributed by atoms with E-state index in [4.69, 9.17) is 4.74 Å². The first kappa shape index (κ1) is 20.8. The van der Waals surface area contributed by atoms with Crippen LogP contribution in [0.15, 0.2) is 66.9 Å². The minimum absolute atomic E-state index is 0.250. The van der Waals surface area contributed by atoms with Crippen LogP contribution in [0.5, 0.6) is 0 Å². The van der Waals surface area contributed by atoms with Crippen molar-refractivity contribution in [3.05, 3.63) is 72.4 Å². The summed E-state index contributed by atoms with van der Waals surface area (Å²) in [5, 5.41) is 13.7. The Hall–Kier alpha value is -3.92. The van der Waals surface area contributed by atoms with Gasteiger partial charge in [0, 0.05) is 18.8 Å². The van der Waals surface area contributed by atoms with Gasteiger partial charge in [0.15, 0.2) is 6.61 Å². The SMILES string of the molecule is CN(C(=O)COC(=O)c1cn(-c2ccccc2)nc1-c1ccccc1)C(C)(C)C#N. The molecule has 0 N–H and O–H groups in total. The lowest BCUT2D eigenvalue weighted by atomic mass is 10.1. The van der Waals surface area contributed by atoms with Crippen molar-refractivity contribution >= 4 is 11.9 Å². The third kappa shape index (κ3) is 4.39. The molecule has 3 rings (SSSR count). The number of esters is 1. The molecule has 30 heavy (non-hydrogen) atoms. The lowest BCUT2D eigenvalue weighted by Crippen LogP contribution is -2.45. The average Bonchev–Trinajstić information content (AvgIpc) is 3.23. The molecule has 3 aromatic rings. The molecule has 0 fully saturated rings. The highest BCUT2D eigenvalue weighted by Crippen LogP contribution is 2.24. The first-order valence-electron chi connectivity index (χ1n) is 9.39. The van der Waals surface area contributed by atoms with Crippen LogP contribution in [0.1, 0.15) is 24.2 Å². The summed E-state index contributed by atoms with van der Waals surface area (Å²) in [6, 6.07) is 20.7. The molecule has 0 saturated carbocycles. The zero-order chi connectivity index (χ0) is 21.7. The predicted octanol–water partition coefficient (Wildman–Crippen LogP) is 3.46. The molecule has 2 aromatic carbocycles. The van der Waals surface area contributed by atoms with Crippen LogP contribution < -0.4 is 0 Å². The Kier molecular flexibility index (Phi) is 5.98. The number of amides is 1. The van der Waals surface area contributed by atoms with E-state index in [1.165, 1.54) is 11.9 Å². The smallest absolute Gasteiger partial charge is 0.342 e. The molecule has 0 saturated heterocycles. The predicted molar refractivity (Wildman–Crippen MR) is 112 cm³/mol. The van der Waals surface area contributed by atoms with Crippen LogP contribution in [0.4, 0.5) is 0 Å². The molecule has 0 unspecified atom stereocenters. The molecular formula is C23H22N4O3. The Morgan fingerprint density at radius 3 is 2.30 bits per heavy atom. The topological polar surface area (TPSA) is 88.2 Å². The van der Waals surface area contributed by atoms with Gasteiger partial charge < -0.3 is 9.64 Å². The maximum Gasteiger partial charge on any atom is 0.342 e. The number of hydrogen-bond donors (Lipinski definition) is 0. The van der Waals surface area contributed by atoms with E-state index in [0.717, 1.165) is 11.3 Å². The Morgan fingerprint density at radius 2 is 1.70 bits per heavy atom. The second-order valence-electron chi connectivity index (χ2n) is 7.24. The third-order valence-corrected chi connectivity index (χ3v) is 4.82. The number of carbonyl (C=O) groups is 2. The Labute approximate surface area is 175 Å². The van der Waals surface area contributed by atoms with E-state index < -0.39 is 24.0 Å². The Bertz CT molecular complexity index is 1080.